The van der Waals surface area contributed by atoms with Crippen LogP contribution in [-0.4, -0.2) is 32.1 Å². The third-order valence-electron chi connectivity index (χ3n) is 1.60. The Labute approximate surface area is 85.5 Å². The summed E-state index contributed by atoms with van der Waals surface area (Å²) in [5.74, 6) is 0. The lowest BCUT2D eigenvalue weighted by molar-refractivity contribution is -0.00817. The fourth-order valence-electron chi connectivity index (χ4n) is 0.822. The van der Waals surface area contributed by atoms with Gasteiger partial charge in [0.25, 0.3) is 0 Å². The van der Waals surface area contributed by atoms with Crippen LogP contribution in [0.25, 0.3) is 0 Å². The van der Waals surface area contributed by atoms with Crippen LogP contribution in [0.4, 0.5) is 4.79 Å². The number of carbonyl (C=O) groups is 1. The predicted molar refractivity (Wildman–Crippen MR) is 53.3 cm³/mol. The molecule has 0 heterocycles. The van der Waals surface area contributed by atoms with Crippen molar-refractivity contribution in [1.82, 2.24) is 0 Å². The molecule has 0 aliphatic heterocycles. The highest BCUT2D eigenvalue weighted by molar-refractivity contribution is 5.59. The molecule has 0 N–H and O–H groups in total. The molecule has 0 spiro atoms. The summed E-state index contributed by atoms with van der Waals surface area (Å²) in [5, 5.41) is 0. The van der Waals surface area contributed by atoms with Crippen LogP contribution in [0.5, 0.6) is 0 Å². The summed E-state index contributed by atoms with van der Waals surface area (Å²) in [6, 6.07) is 0. The van der Waals surface area contributed by atoms with Gasteiger partial charge >= 0.3 is 6.16 Å². The number of ether oxygens (including phenoxy) is 3. The molecule has 0 aromatic rings. The van der Waals surface area contributed by atoms with Gasteiger partial charge in [-0.05, 0) is 20.3 Å². The first-order valence-electron chi connectivity index (χ1n) is 5.11. The standard InChI is InChI=1S/C10H20O4/c1-4-6-7-13-9(3)8-14-10(11)12-5-2/h9H,4-8H2,1-3H3. The third kappa shape index (κ3) is 7.86. The predicted octanol–water partition coefficient (Wildman–Crippen LogP) is 2.36. The molecule has 0 aliphatic carbocycles. The minimum absolute atomic E-state index is 0.0639. The Kier molecular flexibility index (Phi) is 8.33. The van der Waals surface area contributed by atoms with E-state index in [1.165, 1.54) is 0 Å². The van der Waals surface area contributed by atoms with E-state index in [-0.39, 0.29) is 12.7 Å². The molecule has 0 aliphatic rings. The molecule has 84 valence electrons. The monoisotopic (exact) mass is 204 g/mol. The molecule has 1 atom stereocenters. The summed E-state index contributed by atoms with van der Waals surface area (Å²) in [6.07, 6.45) is 1.44. The van der Waals surface area contributed by atoms with E-state index in [2.05, 4.69) is 11.7 Å². The van der Waals surface area contributed by atoms with Crippen LogP contribution in [0, 0.1) is 0 Å². The molecule has 0 saturated carbocycles. The molecule has 0 rings (SSSR count). The number of unbranched alkanes of at least 4 members (excludes halogenated alkanes) is 1. The Morgan fingerprint density at radius 1 is 1.29 bits per heavy atom. The average molecular weight is 204 g/mol. The smallest absolute Gasteiger partial charge is 0.435 e. The summed E-state index contributed by atoms with van der Waals surface area (Å²) >= 11 is 0. The maximum absolute atomic E-state index is 10.8. The van der Waals surface area contributed by atoms with Crippen LogP contribution in [0.2, 0.25) is 0 Å². The summed E-state index contributed by atoms with van der Waals surface area (Å²) in [7, 11) is 0. The van der Waals surface area contributed by atoms with Crippen LogP contribution in [0.3, 0.4) is 0 Å². The molecule has 0 bridgehead atoms. The molecule has 1 unspecified atom stereocenters. The Hall–Kier alpha value is -0.770. The lowest BCUT2D eigenvalue weighted by atomic mass is 10.3. The van der Waals surface area contributed by atoms with Gasteiger partial charge in [-0.2, -0.15) is 0 Å². The van der Waals surface area contributed by atoms with E-state index in [9.17, 15) is 4.79 Å². The zero-order chi connectivity index (χ0) is 10.8. The van der Waals surface area contributed by atoms with E-state index < -0.39 is 6.16 Å². The van der Waals surface area contributed by atoms with Crippen molar-refractivity contribution in [3.05, 3.63) is 0 Å². The van der Waals surface area contributed by atoms with Gasteiger partial charge in [-0.15, -0.1) is 0 Å². The second-order valence-corrected chi connectivity index (χ2v) is 3.03. The Balaban J connectivity index is 3.33. The minimum atomic E-state index is -0.626. The quantitative estimate of drug-likeness (QED) is 0.471. The molecule has 4 nitrogen and oxygen atoms in total. The van der Waals surface area contributed by atoms with Gasteiger partial charge in [0.05, 0.1) is 12.7 Å². The van der Waals surface area contributed by atoms with Crippen molar-refractivity contribution in [2.45, 2.75) is 39.7 Å². The molecular formula is C10H20O4. The molecule has 14 heavy (non-hydrogen) atoms. The largest absolute Gasteiger partial charge is 0.508 e. The summed E-state index contributed by atoms with van der Waals surface area (Å²) < 4.78 is 14.8. The molecule has 0 fully saturated rings. The zero-order valence-electron chi connectivity index (χ0n) is 9.25. The minimum Gasteiger partial charge on any atom is -0.435 e. The van der Waals surface area contributed by atoms with Crippen molar-refractivity contribution in [3.63, 3.8) is 0 Å². The first kappa shape index (κ1) is 13.2. The molecule has 0 aromatic carbocycles. The Bertz CT molecular complexity index is 147. The van der Waals surface area contributed by atoms with E-state index in [4.69, 9.17) is 9.47 Å². The number of rotatable bonds is 7. The highest BCUT2D eigenvalue weighted by atomic mass is 16.7. The van der Waals surface area contributed by atoms with Crippen LogP contribution in [0.15, 0.2) is 0 Å². The van der Waals surface area contributed by atoms with Gasteiger partial charge in [-0.1, -0.05) is 13.3 Å². The summed E-state index contributed by atoms with van der Waals surface area (Å²) in [6.45, 7) is 7.01. The van der Waals surface area contributed by atoms with E-state index in [0.29, 0.717) is 13.2 Å². The van der Waals surface area contributed by atoms with Gasteiger partial charge in [-0.3, -0.25) is 0 Å². The average Bonchev–Trinajstić information content (AvgIpc) is 2.16. The van der Waals surface area contributed by atoms with Crippen molar-refractivity contribution >= 4 is 6.16 Å². The van der Waals surface area contributed by atoms with E-state index in [1.54, 1.807) is 6.92 Å². The maximum Gasteiger partial charge on any atom is 0.508 e. The van der Waals surface area contributed by atoms with E-state index in [0.717, 1.165) is 12.8 Å². The highest BCUT2D eigenvalue weighted by Gasteiger charge is 2.07. The van der Waals surface area contributed by atoms with Gasteiger partial charge in [0.1, 0.15) is 6.61 Å². The van der Waals surface area contributed by atoms with Crippen LogP contribution in [-0.2, 0) is 14.2 Å². The molecule has 4 heteroatoms. The normalized spacial score (nSPS) is 12.2. The van der Waals surface area contributed by atoms with Crippen LogP contribution < -0.4 is 0 Å². The number of carbonyl (C=O) groups excluding carboxylic acids is 1. The van der Waals surface area contributed by atoms with Gasteiger partial charge in [0.2, 0.25) is 0 Å². The summed E-state index contributed by atoms with van der Waals surface area (Å²) in [4.78, 5) is 10.8. The lowest BCUT2D eigenvalue weighted by Crippen LogP contribution is -2.20. The van der Waals surface area contributed by atoms with Crippen LogP contribution >= 0.6 is 0 Å². The van der Waals surface area contributed by atoms with Crippen molar-refractivity contribution in [2.24, 2.45) is 0 Å². The topological polar surface area (TPSA) is 44.8 Å². The van der Waals surface area contributed by atoms with Crippen LogP contribution in [0.1, 0.15) is 33.6 Å². The van der Waals surface area contributed by atoms with E-state index >= 15 is 0 Å². The van der Waals surface area contributed by atoms with Gasteiger partial charge in [-0.25, -0.2) is 4.79 Å². The molecule has 0 aromatic heterocycles. The SMILES string of the molecule is CCCCOC(C)COC(=O)OCC. The number of hydrogen-bond acceptors (Lipinski definition) is 4. The zero-order valence-corrected chi connectivity index (χ0v) is 9.25. The molecule has 0 saturated heterocycles. The highest BCUT2D eigenvalue weighted by Crippen LogP contribution is 1.97. The van der Waals surface area contributed by atoms with Crippen molar-refractivity contribution < 1.29 is 19.0 Å². The maximum atomic E-state index is 10.8. The number of hydrogen-bond donors (Lipinski definition) is 0. The molecule has 0 radical (unpaired) electrons. The second-order valence-electron chi connectivity index (χ2n) is 3.03. The van der Waals surface area contributed by atoms with Gasteiger partial charge in [0.15, 0.2) is 0 Å². The van der Waals surface area contributed by atoms with Crippen molar-refractivity contribution in [2.75, 3.05) is 19.8 Å². The summed E-state index contributed by atoms with van der Waals surface area (Å²) in [5.41, 5.74) is 0. The molecule has 0 amide bonds. The van der Waals surface area contributed by atoms with E-state index in [1.807, 2.05) is 6.92 Å². The Morgan fingerprint density at radius 2 is 2.00 bits per heavy atom. The fraction of sp³-hybridized carbons (Fsp3) is 0.900. The van der Waals surface area contributed by atoms with Gasteiger partial charge in [0, 0.05) is 6.61 Å². The lowest BCUT2D eigenvalue weighted by Gasteiger charge is -2.12. The van der Waals surface area contributed by atoms with Crippen molar-refractivity contribution in [3.8, 4) is 0 Å². The first-order chi connectivity index (χ1) is 6.70. The Morgan fingerprint density at radius 3 is 2.57 bits per heavy atom. The molecular weight excluding hydrogens is 184 g/mol. The third-order valence-corrected chi connectivity index (χ3v) is 1.60. The van der Waals surface area contributed by atoms with Gasteiger partial charge < -0.3 is 14.2 Å². The fourth-order valence-corrected chi connectivity index (χ4v) is 0.822. The first-order valence-corrected chi connectivity index (χ1v) is 5.11. The second kappa shape index (κ2) is 8.81. The van der Waals surface area contributed by atoms with Crippen molar-refractivity contribution in [1.29, 1.82) is 0 Å².